The van der Waals surface area contributed by atoms with E-state index in [1.165, 1.54) is 36.0 Å². The molecule has 0 amide bonds. The maximum Gasteiger partial charge on any atom is 0.123 e. The number of hydrogen-bond acceptors (Lipinski definition) is 4. The molecule has 0 saturated carbocycles. The summed E-state index contributed by atoms with van der Waals surface area (Å²) in [5.41, 5.74) is 4.12. The number of aliphatic hydroxyl groups excluding tert-OH is 1. The number of ether oxygens (including phenoxy) is 2. The molecule has 21 heavy (non-hydrogen) atoms. The predicted octanol–water partition coefficient (Wildman–Crippen LogP) is 1.77. The number of benzene rings is 1. The molecule has 0 bridgehead atoms. The number of nitrogens with zero attached hydrogens (tertiary/aromatic N) is 1. The lowest BCUT2D eigenvalue weighted by Gasteiger charge is -2.29. The molecule has 4 nitrogen and oxygen atoms in total. The van der Waals surface area contributed by atoms with Crippen molar-refractivity contribution >= 4 is 0 Å². The van der Waals surface area contributed by atoms with Crippen molar-refractivity contribution in [1.82, 2.24) is 4.90 Å². The van der Waals surface area contributed by atoms with Gasteiger partial charge in [0.25, 0.3) is 0 Å². The van der Waals surface area contributed by atoms with Crippen LogP contribution in [0.2, 0.25) is 0 Å². The highest BCUT2D eigenvalue weighted by atomic mass is 16.5. The Kier molecular flexibility index (Phi) is 4.48. The molecular formula is C17H25NO3. The first-order valence-corrected chi connectivity index (χ1v) is 7.91. The zero-order valence-corrected chi connectivity index (χ0v) is 13.0. The van der Waals surface area contributed by atoms with Crippen LogP contribution >= 0.6 is 0 Å². The Morgan fingerprint density at radius 3 is 2.67 bits per heavy atom. The molecule has 1 aliphatic carbocycles. The van der Waals surface area contributed by atoms with Crippen LogP contribution < -0.4 is 4.74 Å². The van der Waals surface area contributed by atoms with Crippen molar-refractivity contribution in [3.8, 4) is 5.75 Å². The maximum atomic E-state index is 10.1. The van der Waals surface area contributed by atoms with E-state index in [2.05, 4.69) is 24.0 Å². The van der Waals surface area contributed by atoms with Gasteiger partial charge in [-0.05, 0) is 43.0 Å². The Bertz CT molecular complexity index is 503. The molecule has 1 fully saturated rings. The van der Waals surface area contributed by atoms with Crippen LogP contribution in [0.15, 0.2) is 12.1 Å². The highest BCUT2D eigenvalue weighted by Crippen LogP contribution is 2.31. The van der Waals surface area contributed by atoms with E-state index in [4.69, 9.17) is 9.47 Å². The van der Waals surface area contributed by atoms with Gasteiger partial charge in [0.15, 0.2) is 0 Å². The summed E-state index contributed by atoms with van der Waals surface area (Å²) in [5, 5.41) is 10.1. The van der Waals surface area contributed by atoms with E-state index in [0.29, 0.717) is 13.2 Å². The second kappa shape index (κ2) is 6.34. The monoisotopic (exact) mass is 291 g/mol. The Balaban J connectivity index is 1.82. The van der Waals surface area contributed by atoms with Crippen LogP contribution in [-0.4, -0.2) is 49.0 Å². The van der Waals surface area contributed by atoms with Gasteiger partial charge in [0.2, 0.25) is 0 Å². The van der Waals surface area contributed by atoms with Gasteiger partial charge in [-0.1, -0.05) is 13.0 Å². The average Bonchev–Trinajstić information content (AvgIpc) is 3.12. The molecule has 0 spiro atoms. The molecule has 1 aromatic carbocycles. The topological polar surface area (TPSA) is 41.9 Å². The van der Waals surface area contributed by atoms with E-state index in [0.717, 1.165) is 18.8 Å². The van der Waals surface area contributed by atoms with Gasteiger partial charge in [0.1, 0.15) is 5.75 Å². The summed E-state index contributed by atoms with van der Waals surface area (Å²) >= 11 is 0. The molecule has 2 atom stereocenters. The molecule has 0 unspecified atom stereocenters. The lowest BCUT2D eigenvalue weighted by Crippen LogP contribution is -2.42. The summed E-state index contributed by atoms with van der Waals surface area (Å²) in [7, 11) is 1.74. The van der Waals surface area contributed by atoms with Crippen LogP contribution in [0.1, 0.15) is 30.0 Å². The lowest BCUT2D eigenvalue weighted by molar-refractivity contribution is 0.0803. The number of hydrogen-bond donors (Lipinski definition) is 1. The van der Waals surface area contributed by atoms with Gasteiger partial charge in [0, 0.05) is 12.1 Å². The van der Waals surface area contributed by atoms with Crippen molar-refractivity contribution in [3.05, 3.63) is 28.8 Å². The van der Waals surface area contributed by atoms with Gasteiger partial charge < -0.3 is 14.6 Å². The summed E-state index contributed by atoms with van der Waals surface area (Å²) in [4.78, 5) is 2.29. The first-order chi connectivity index (χ1) is 10.2. The molecule has 1 saturated heterocycles. The average molecular weight is 291 g/mol. The SMILES string of the molecule is CCN(Cc1cc2c(cc1OC)CCC2)[C@@H]1COC[C@H]1O. The normalized spacial score (nSPS) is 24.6. The first-order valence-electron chi connectivity index (χ1n) is 7.91. The molecule has 4 heteroatoms. The van der Waals surface area contributed by atoms with Crippen molar-refractivity contribution < 1.29 is 14.6 Å². The Morgan fingerprint density at radius 2 is 2.05 bits per heavy atom. The minimum Gasteiger partial charge on any atom is -0.496 e. The molecular weight excluding hydrogens is 266 g/mol. The van der Waals surface area contributed by atoms with E-state index < -0.39 is 0 Å². The molecule has 0 aromatic heterocycles. The van der Waals surface area contributed by atoms with E-state index in [-0.39, 0.29) is 12.1 Å². The van der Waals surface area contributed by atoms with Crippen LogP contribution in [0, 0.1) is 0 Å². The van der Waals surface area contributed by atoms with Gasteiger partial charge in [-0.25, -0.2) is 0 Å². The predicted molar refractivity (Wildman–Crippen MR) is 81.7 cm³/mol. The zero-order chi connectivity index (χ0) is 14.8. The minimum atomic E-state index is -0.384. The Morgan fingerprint density at radius 1 is 1.29 bits per heavy atom. The van der Waals surface area contributed by atoms with Gasteiger partial charge in [-0.2, -0.15) is 0 Å². The van der Waals surface area contributed by atoms with Crippen LogP contribution in [0.4, 0.5) is 0 Å². The number of aryl methyl sites for hydroxylation is 2. The van der Waals surface area contributed by atoms with Gasteiger partial charge in [-0.15, -0.1) is 0 Å². The van der Waals surface area contributed by atoms with E-state index in [1.54, 1.807) is 7.11 Å². The molecule has 3 rings (SSSR count). The van der Waals surface area contributed by atoms with Gasteiger partial charge >= 0.3 is 0 Å². The van der Waals surface area contributed by atoms with Crippen molar-refractivity contribution in [3.63, 3.8) is 0 Å². The van der Waals surface area contributed by atoms with Crippen LogP contribution in [0.25, 0.3) is 0 Å². The Hall–Kier alpha value is -1.10. The second-order valence-corrected chi connectivity index (χ2v) is 6.02. The van der Waals surface area contributed by atoms with Crippen molar-refractivity contribution in [2.24, 2.45) is 0 Å². The van der Waals surface area contributed by atoms with E-state index in [9.17, 15) is 5.11 Å². The molecule has 1 aliphatic heterocycles. The summed E-state index contributed by atoms with van der Waals surface area (Å²) in [6, 6.07) is 4.59. The van der Waals surface area contributed by atoms with E-state index >= 15 is 0 Å². The van der Waals surface area contributed by atoms with Gasteiger partial charge in [-0.3, -0.25) is 4.90 Å². The summed E-state index contributed by atoms with van der Waals surface area (Å²) in [5.74, 6) is 0.975. The van der Waals surface area contributed by atoms with Crippen molar-refractivity contribution in [2.45, 2.75) is 44.9 Å². The summed E-state index contributed by atoms with van der Waals surface area (Å²) < 4.78 is 11.0. The highest BCUT2D eigenvalue weighted by Gasteiger charge is 2.31. The quantitative estimate of drug-likeness (QED) is 0.898. The standard InChI is InChI=1S/C17H25NO3/c1-3-18(15-10-21-11-16(15)19)9-14-7-12-5-4-6-13(12)8-17(14)20-2/h7-8,15-16,19H,3-6,9-11H2,1-2H3/t15-,16-/m1/s1. The highest BCUT2D eigenvalue weighted by molar-refractivity contribution is 5.44. The van der Waals surface area contributed by atoms with Gasteiger partial charge in [0.05, 0.1) is 32.5 Å². The van der Waals surface area contributed by atoms with Crippen LogP contribution in [0.5, 0.6) is 5.75 Å². The summed E-state index contributed by atoms with van der Waals surface area (Å²) in [6.07, 6.45) is 3.20. The number of rotatable bonds is 5. The lowest BCUT2D eigenvalue weighted by atomic mass is 10.0. The molecule has 2 aliphatic rings. The number of likely N-dealkylation sites (N-methyl/N-ethyl adjacent to an activating group) is 1. The largest absolute Gasteiger partial charge is 0.496 e. The third kappa shape index (κ3) is 2.93. The third-order valence-corrected chi connectivity index (χ3v) is 4.76. The summed E-state index contributed by atoms with van der Waals surface area (Å²) in [6.45, 7) is 4.89. The molecule has 0 radical (unpaired) electrons. The zero-order valence-electron chi connectivity index (χ0n) is 13.0. The van der Waals surface area contributed by atoms with Crippen LogP contribution in [0.3, 0.4) is 0 Å². The number of fused-ring (bicyclic) bond motifs is 1. The van der Waals surface area contributed by atoms with Crippen molar-refractivity contribution in [2.75, 3.05) is 26.9 Å². The van der Waals surface area contributed by atoms with Crippen molar-refractivity contribution in [1.29, 1.82) is 0 Å². The molecule has 1 N–H and O–H groups in total. The molecule has 116 valence electrons. The van der Waals surface area contributed by atoms with Crippen LogP contribution in [-0.2, 0) is 24.1 Å². The fourth-order valence-electron chi connectivity index (χ4n) is 3.53. The second-order valence-electron chi connectivity index (χ2n) is 6.02. The minimum absolute atomic E-state index is 0.0907. The number of aliphatic hydroxyl groups is 1. The fourth-order valence-corrected chi connectivity index (χ4v) is 3.53. The smallest absolute Gasteiger partial charge is 0.123 e. The third-order valence-electron chi connectivity index (χ3n) is 4.76. The molecule has 1 aromatic rings. The molecule has 1 heterocycles. The first kappa shape index (κ1) is 14.8. The fraction of sp³-hybridized carbons (Fsp3) is 0.647. The Labute approximate surface area is 126 Å². The number of methoxy groups -OCH3 is 1. The van der Waals surface area contributed by atoms with E-state index in [1.807, 2.05) is 0 Å². The maximum absolute atomic E-state index is 10.1.